The number of carbonyl (C=O) groups is 1. The zero-order valence-electron chi connectivity index (χ0n) is 9.71. The van der Waals surface area contributed by atoms with E-state index in [1.165, 1.54) is 12.8 Å². The van der Waals surface area contributed by atoms with Gasteiger partial charge < -0.3 is 10.5 Å². The van der Waals surface area contributed by atoms with Crippen LogP contribution in [-0.4, -0.2) is 22.3 Å². The number of ether oxygens (including phenoxy) is 1. The topological polar surface area (TPSA) is 70.1 Å². The Morgan fingerprint density at radius 1 is 1.47 bits per heavy atom. The van der Waals surface area contributed by atoms with E-state index in [-0.39, 0.29) is 17.9 Å². The molecular weight excluding hydrogens is 218 g/mol. The minimum absolute atomic E-state index is 0.0197. The van der Waals surface area contributed by atoms with E-state index in [0.717, 1.165) is 12.0 Å². The Labute approximate surface area is 99.9 Å². The molecule has 3 rings (SSSR count). The monoisotopic (exact) mass is 235 g/mol. The van der Waals surface area contributed by atoms with Crippen LogP contribution in [-0.2, 0) is 9.53 Å². The molecule has 1 aliphatic heterocycles. The van der Waals surface area contributed by atoms with Gasteiger partial charge in [-0.3, -0.25) is 9.48 Å². The van der Waals surface area contributed by atoms with Crippen molar-refractivity contribution in [3.05, 3.63) is 18.0 Å². The smallest absolute Gasteiger partial charge is 0.220 e. The number of rotatable bonds is 3. The minimum Gasteiger partial charge on any atom is -0.373 e. The summed E-state index contributed by atoms with van der Waals surface area (Å²) < 4.78 is 7.70. The van der Waals surface area contributed by atoms with Crippen LogP contribution in [0.25, 0.3) is 0 Å². The maximum atomic E-state index is 11.2. The van der Waals surface area contributed by atoms with Crippen LogP contribution in [0.15, 0.2) is 12.4 Å². The van der Waals surface area contributed by atoms with Gasteiger partial charge in [-0.15, -0.1) is 0 Å². The predicted molar refractivity (Wildman–Crippen MR) is 61.1 cm³/mol. The van der Waals surface area contributed by atoms with Gasteiger partial charge in [-0.2, -0.15) is 5.10 Å². The summed E-state index contributed by atoms with van der Waals surface area (Å²) in [7, 11) is 0. The standard InChI is InChI=1S/C12H17N3O2/c13-12(16)8-3-4-17-11(5-8)9-6-14-15(7-9)10-1-2-10/h6-8,10-11H,1-5H2,(H2,13,16)/t8-,11+/m0/s1. The van der Waals surface area contributed by atoms with Crippen molar-refractivity contribution in [2.45, 2.75) is 37.8 Å². The normalized spacial score (nSPS) is 29.2. The quantitative estimate of drug-likeness (QED) is 0.855. The summed E-state index contributed by atoms with van der Waals surface area (Å²) in [5.41, 5.74) is 6.43. The molecule has 1 aliphatic carbocycles. The third-order valence-electron chi connectivity index (χ3n) is 3.60. The molecule has 0 unspecified atom stereocenters. The van der Waals surface area contributed by atoms with Gasteiger partial charge in [0.05, 0.1) is 18.3 Å². The molecule has 1 aromatic heterocycles. The van der Waals surface area contributed by atoms with E-state index in [1.807, 2.05) is 17.1 Å². The number of aromatic nitrogens is 2. The maximum absolute atomic E-state index is 11.2. The highest BCUT2D eigenvalue weighted by atomic mass is 16.5. The van der Waals surface area contributed by atoms with Crippen molar-refractivity contribution in [3.8, 4) is 0 Å². The second-order valence-corrected chi connectivity index (χ2v) is 4.97. The molecular formula is C12H17N3O2. The van der Waals surface area contributed by atoms with E-state index >= 15 is 0 Å². The zero-order chi connectivity index (χ0) is 11.8. The lowest BCUT2D eigenvalue weighted by Crippen LogP contribution is -2.30. The van der Waals surface area contributed by atoms with Crippen molar-refractivity contribution >= 4 is 5.91 Å². The number of carbonyl (C=O) groups excluding carboxylic acids is 1. The number of hydrogen-bond acceptors (Lipinski definition) is 3. The van der Waals surface area contributed by atoms with Crippen molar-refractivity contribution < 1.29 is 9.53 Å². The number of nitrogens with zero attached hydrogens (tertiary/aromatic N) is 2. The largest absolute Gasteiger partial charge is 0.373 e. The summed E-state index contributed by atoms with van der Waals surface area (Å²) in [6.07, 6.45) is 7.74. The molecule has 0 aromatic carbocycles. The lowest BCUT2D eigenvalue weighted by atomic mass is 9.93. The van der Waals surface area contributed by atoms with Crippen LogP contribution < -0.4 is 5.73 Å². The Kier molecular flexibility index (Phi) is 2.63. The number of primary amides is 1. The van der Waals surface area contributed by atoms with E-state index in [1.54, 1.807) is 0 Å². The first-order valence-electron chi connectivity index (χ1n) is 6.19. The zero-order valence-corrected chi connectivity index (χ0v) is 9.71. The van der Waals surface area contributed by atoms with Crippen LogP contribution in [0.4, 0.5) is 0 Å². The minimum atomic E-state index is -0.215. The lowest BCUT2D eigenvalue weighted by molar-refractivity contribution is -0.126. The average Bonchev–Trinajstić information content (AvgIpc) is 3.07. The van der Waals surface area contributed by atoms with E-state index in [0.29, 0.717) is 19.1 Å². The predicted octanol–water partition coefficient (Wildman–Crippen LogP) is 1.17. The highest BCUT2D eigenvalue weighted by Crippen LogP contribution is 2.36. The molecule has 1 amide bonds. The van der Waals surface area contributed by atoms with Crippen LogP contribution in [0.2, 0.25) is 0 Å². The van der Waals surface area contributed by atoms with Crippen molar-refractivity contribution in [2.24, 2.45) is 11.7 Å². The third kappa shape index (κ3) is 2.20. The van der Waals surface area contributed by atoms with Crippen LogP contribution in [0.5, 0.6) is 0 Å². The van der Waals surface area contributed by atoms with Crippen molar-refractivity contribution in [1.29, 1.82) is 0 Å². The Bertz CT molecular complexity index is 425. The second kappa shape index (κ2) is 4.14. The summed E-state index contributed by atoms with van der Waals surface area (Å²) in [6, 6.07) is 0.583. The van der Waals surface area contributed by atoms with Gasteiger partial charge in [0.15, 0.2) is 0 Å². The fourth-order valence-electron chi connectivity index (χ4n) is 2.35. The molecule has 0 bridgehead atoms. The molecule has 92 valence electrons. The molecule has 5 nitrogen and oxygen atoms in total. The molecule has 1 saturated carbocycles. The Morgan fingerprint density at radius 2 is 2.29 bits per heavy atom. The molecule has 5 heteroatoms. The molecule has 0 radical (unpaired) electrons. The first kappa shape index (κ1) is 10.8. The molecule has 1 aromatic rings. The molecule has 2 fully saturated rings. The maximum Gasteiger partial charge on any atom is 0.220 e. The molecule has 17 heavy (non-hydrogen) atoms. The van der Waals surface area contributed by atoms with Gasteiger partial charge in [-0.05, 0) is 25.7 Å². The molecule has 2 N–H and O–H groups in total. The van der Waals surface area contributed by atoms with Crippen molar-refractivity contribution in [3.63, 3.8) is 0 Å². The molecule has 2 heterocycles. The summed E-state index contributed by atoms with van der Waals surface area (Å²) in [6.45, 7) is 0.604. The van der Waals surface area contributed by atoms with Gasteiger partial charge in [0.2, 0.25) is 5.91 Å². The molecule has 2 aliphatic rings. The molecule has 1 saturated heterocycles. The highest BCUT2D eigenvalue weighted by molar-refractivity contribution is 5.76. The Hall–Kier alpha value is -1.36. The van der Waals surface area contributed by atoms with Crippen molar-refractivity contribution in [2.75, 3.05) is 6.61 Å². The average molecular weight is 235 g/mol. The van der Waals surface area contributed by atoms with Crippen LogP contribution in [0, 0.1) is 5.92 Å². The number of nitrogens with two attached hydrogens (primary N) is 1. The Morgan fingerprint density at radius 3 is 3.00 bits per heavy atom. The van der Waals surface area contributed by atoms with Gasteiger partial charge in [-0.1, -0.05) is 0 Å². The van der Waals surface area contributed by atoms with Gasteiger partial charge in [0.25, 0.3) is 0 Å². The summed E-state index contributed by atoms with van der Waals surface area (Å²) in [5.74, 6) is -0.272. The molecule has 2 atom stereocenters. The van der Waals surface area contributed by atoms with Gasteiger partial charge in [0.1, 0.15) is 0 Å². The summed E-state index contributed by atoms with van der Waals surface area (Å²) >= 11 is 0. The first-order valence-corrected chi connectivity index (χ1v) is 6.19. The fraction of sp³-hybridized carbons (Fsp3) is 0.667. The van der Waals surface area contributed by atoms with E-state index < -0.39 is 0 Å². The van der Waals surface area contributed by atoms with Crippen molar-refractivity contribution in [1.82, 2.24) is 9.78 Å². The number of amides is 1. The van der Waals surface area contributed by atoms with Crippen LogP contribution in [0.3, 0.4) is 0 Å². The first-order chi connectivity index (χ1) is 8.24. The van der Waals surface area contributed by atoms with E-state index in [2.05, 4.69) is 5.10 Å². The SMILES string of the molecule is NC(=O)[C@H]1CCO[C@@H](c2cnn(C3CC3)c2)C1. The highest BCUT2D eigenvalue weighted by Gasteiger charge is 2.30. The number of hydrogen-bond donors (Lipinski definition) is 1. The molecule has 0 spiro atoms. The lowest BCUT2D eigenvalue weighted by Gasteiger charge is -2.26. The summed E-state index contributed by atoms with van der Waals surface area (Å²) in [5, 5.41) is 4.34. The summed E-state index contributed by atoms with van der Waals surface area (Å²) in [4.78, 5) is 11.2. The van der Waals surface area contributed by atoms with Gasteiger partial charge in [-0.25, -0.2) is 0 Å². The van der Waals surface area contributed by atoms with Crippen LogP contribution >= 0.6 is 0 Å². The Balaban J connectivity index is 1.71. The van der Waals surface area contributed by atoms with Gasteiger partial charge in [0, 0.05) is 24.3 Å². The third-order valence-corrected chi connectivity index (χ3v) is 3.60. The van der Waals surface area contributed by atoms with E-state index in [9.17, 15) is 4.79 Å². The fourth-order valence-corrected chi connectivity index (χ4v) is 2.35. The van der Waals surface area contributed by atoms with Gasteiger partial charge >= 0.3 is 0 Å². The van der Waals surface area contributed by atoms with Crippen LogP contribution in [0.1, 0.15) is 43.4 Å². The second-order valence-electron chi connectivity index (χ2n) is 4.97. The van der Waals surface area contributed by atoms with E-state index in [4.69, 9.17) is 10.5 Å².